The molecule has 0 radical (unpaired) electrons. The zero-order chi connectivity index (χ0) is 18.7. The lowest BCUT2D eigenvalue weighted by Gasteiger charge is -2.23. The first kappa shape index (κ1) is 18.5. The monoisotopic (exact) mass is 361 g/mol. The first-order valence-electron chi connectivity index (χ1n) is 9.10. The summed E-state index contributed by atoms with van der Waals surface area (Å²) in [5, 5.41) is 2.92. The highest BCUT2D eigenvalue weighted by atomic mass is 16.5. The summed E-state index contributed by atoms with van der Waals surface area (Å²) in [5.74, 6) is 0.775. The fraction of sp³-hybridized carbons (Fsp3) is 0.579. The van der Waals surface area contributed by atoms with Crippen LogP contribution in [-0.2, 0) is 14.9 Å². The second-order valence-corrected chi connectivity index (χ2v) is 6.78. The van der Waals surface area contributed by atoms with Gasteiger partial charge in [0.05, 0.1) is 12.5 Å². The lowest BCUT2D eigenvalue weighted by molar-refractivity contribution is -0.122. The summed E-state index contributed by atoms with van der Waals surface area (Å²) < 4.78 is 10.6. The highest BCUT2D eigenvalue weighted by Gasteiger charge is 2.54. The Balaban J connectivity index is 1.71. The highest BCUT2D eigenvalue weighted by molar-refractivity contribution is 6.08. The Bertz CT molecular complexity index is 693. The summed E-state index contributed by atoms with van der Waals surface area (Å²) in [6.07, 6.45) is 1.41. The number of fused-ring (bicyclic) bond motifs is 2. The normalized spacial score (nSPS) is 21.4. The Labute approximate surface area is 154 Å². The molecular weight excluding hydrogens is 334 g/mol. The van der Waals surface area contributed by atoms with Crippen LogP contribution in [0.25, 0.3) is 0 Å². The Morgan fingerprint density at radius 1 is 1.38 bits per heavy atom. The maximum absolute atomic E-state index is 13.0. The average molecular weight is 361 g/mol. The fourth-order valence-corrected chi connectivity index (χ4v) is 3.87. The van der Waals surface area contributed by atoms with E-state index in [0.29, 0.717) is 39.3 Å². The van der Waals surface area contributed by atoms with Gasteiger partial charge in [-0.2, -0.15) is 0 Å². The molecule has 7 nitrogen and oxygen atoms in total. The number of urea groups is 1. The van der Waals surface area contributed by atoms with Gasteiger partial charge in [-0.15, -0.1) is 0 Å². The van der Waals surface area contributed by atoms with E-state index in [1.54, 1.807) is 24.0 Å². The number of likely N-dealkylation sites (tertiary alicyclic amines) is 1. The maximum atomic E-state index is 13.0. The number of likely N-dealkylation sites (N-methyl/N-ethyl adjacent to an activating group) is 1. The van der Waals surface area contributed by atoms with Gasteiger partial charge in [-0.25, -0.2) is 4.79 Å². The molecule has 2 heterocycles. The second-order valence-electron chi connectivity index (χ2n) is 6.78. The molecule has 1 atom stereocenters. The highest BCUT2D eigenvalue weighted by Crippen LogP contribution is 2.47. The van der Waals surface area contributed by atoms with Gasteiger partial charge in [0.15, 0.2) is 0 Å². The number of carbonyl (C=O) groups is 2. The minimum Gasteiger partial charge on any atom is -0.497 e. The molecule has 1 aromatic carbocycles. The molecule has 1 N–H and O–H groups in total. The summed E-state index contributed by atoms with van der Waals surface area (Å²) in [6.45, 7) is 4.80. The molecule has 2 aliphatic rings. The van der Waals surface area contributed by atoms with E-state index in [9.17, 15) is 9.59 Å². The number of rotatable bonds is 6. The van der Waals surface area contributed by atoms with Crippen molar-refractivity contribution in [1.29, 1.82) is 0 Å². The van der Waals surface area contributed by atoms with E-state index in [1.165, 1.54) is 0 Å². The van der Waals surface area contributed by atoms with Gasteiger partial charge in [0, 0.05) is 45.6 Å². The fourth-order valence-electron chi connectivity index (χ4n) is 3.87. The number of anilines is 1. The summed E-state index contributed by atoms with van der Waals surface area (Å²) in [5.41, 5.74) is 1.19. The number of amides is 3. The summed E-state index contributed by atoms with van der Waals surface area (Å²) >= 11 is 0. The standard InChI is InChI=1S/C19H27N3O4/c1-4-26-11-5-9-20-18(24)22-10-8-19(13-22)15-12-14(25-3)6-7-16(15)21(2)17(19)23/h6-7,12H,4-5,8-11,13H2,1-3H3,(H,20,24)/t19-/m0/s1. The summed E-state index contributed by atoms with van der Waals surface area (Å²) in [6, 6.07) is 5.59. The molecule has 0 aliphatic carbocycles. The maximum Gasteiger partial charge on any atom is 0.317 e. The van der Waals surface area contributed by atoms with Gasteiger partial charge >= 0.3 is 6.03 Å². The first-order chi connectivity index (χ1) is 12.5. The van der Waals surface area contributed by atoms with E-state index in [-0.39, 0.29) is 11.9 Å². The van der Waals surface area contributed by atoms with Gasteiger partial charge in [-0.05, 0) is 43.5 Å². The Morgan fingerprint density at radius 3 is 2.92 bits per heavy atom. The van der Waals surface area contributed by atoms with Crippen LogP contribution in [0.1, 0.15) is 25.3 Å². The lowest BCUT2D eigenvalue weighted by atomic mass is 9.81. The second kappa shape index (κ2) is 7.53. The van der Waals surface area contributed by atoms with Crippen molar-refractivity contribution >= 4 is 17.6 Å². The van der Waals surface area contributed by atoms with Crippen LogP contribution in [0.2, 0.25) is 0 Å². The number of nitrogens with zero attached hydrogens (tertiary/aromatic N) is 2. The molecule has 142 valence electrons. The Morgan fingerprint density at radius 2 is 2.19 bits per heavy atom. The molecule has 0 saturated carbocycles. The van der Waals surface area contributed by atoms with E-state index in [2.05, 4.69) is 5.32 Å². The van der Waals surface area contributed by atoms with Crippen LogP contribution in [-0.4, -0.2) is 63.8 Å². The van der Waals surface area contributed by atoms with Crippen LogP contribution in [0.15, 0.2) is 18.2 Å². The molecule has 0 unspecified atom stereocenters. The molecule has 26 heavy (non-hydrogen) atoms. The Hall–Kier alpha value is -2.28. The number of benzene rings is 1. The van der Waals surface area contributed by atoms with Crippen LogP contribution in [0.4, 0.5) is 10.5 Å². The van der Waals surface area contributed by atoms with Crippen LogP contribution in [0.3, 0.4) is 0 Å². The van der Waals surface area contributed by atoms with Gasteiger partial charge in [0.2, 0.25) is 5.91 Å². The van der Waals surface area contributed by atoms with E-state index in [1.807, 2.05) is 25.1 Å². The molecule has 1 fully saturated rings. The van der Waals surface area contributed by atoms with Gasteiger partial charge in [0.1, 0.15) is 5.75 Å². The number of methoxy groups -OCH3 is 1. The van der Waals surface area contributed by atoms with Gasteiger partial charge in [-0.3, -0.25) is 4.79 Å². The van der Waals surface area contributed by atoms with Crippen LogP contribution >= 0.6 is 0 Å². The van der Waals surface area contributed by atoms with Crippen molar-refractivity contribution < 1.29 is 19.1 Å². The van der Waals surface area contributed by atoms with Crippen molar-refractivity contribution in [2.24, 2.45) is 0 Å². The average Bonchev–Trinajstić information content (AvgIpc) is 3.19. The van der Waals surface area contributed by atoms with Crippen LogP contribution < -0.4 is 15.0 Å². The third-order valence-electron chi connectivity index (χ3n) is 5.30. The quantitative estimate of drug-likeness (QED) is 0.784. The van der Waals surface area contributed by atoms with E-state index in [0.717, 1.165) is 23.4 Å². The molecule has 1 aromatic rings. The number of hydrogen-bond acceptors (Lipinski definition) is 4. The van der Waals surface area contributed by atoms with E-state index in [4.69, 9.17) is 9.47 Å². The lowest BCUT2D eigenvalue weighted by Crippen LogP contribution is -2.44. The molecular formula is C19H27N3O4. The first-order valence-corrected chi connectivity index (χ1v) is 9.10. The van der Waals surface area contributed by atoms with Gasteiger partial charge < -0.3 is 24.6 Å². The molecule has 0 aromatic heterocycles. The SMILES string of the molecule is CCOCCCNC(=O)N1CC[C@@]2(C1)C(=O)N(C)c1ccc(OC)cc12. The number of nitrogens with one attached hydrogen (secondary N) is 1. The molecule has 3 amide bonds. The summed E-state index contributed by atoms with van der Waals surface area (Å²) in [4.78, 5) is 28.9. The van der Waals surface area contributed by atoms with Crippen molar-refractivity contribution in [3.63, 3.8) is 0 Å². The zero-order valence-electron chi connectivity index (χ0n) is 15.7. The van der Waals surface area contributed by atoms with E-state index < -0.39 is 5.41 Å². The van der Waals surface area contributed by atoms with Crippen molar-refractivity contribution in [1.82, 2.24) is 10.2 Å². The smallest absolute Gasteiger partial charge is 0.317 e. The van der Waals surface area contributed by atoms with Crippen LogP contribution in [0, 0.1) is 0 Å². The number of hydrogen-bond donors (Lipinski definition) is 1. The third kappa shape index (κ3) is 3.11. The molecule has 7 heteroatoms. The summed E-state index contributed by atoms with van der Waals surface area (Å²) in [7, 11) is 3.41. The molecule has 3 rings (SSSR count). The largest absolute Gasteiger partial charge is 0.497 e. The number of ether oxygens (including phenoxy) is 2. The topological polar surface area (TPSA) is 71.1 Å². The minimum absolute atomic E-state index is 0.0485. The minimum atomic E-state index is -0.665. The molecule has 2 aliphatic heterocycles. The van der Waals surface area contributed by atoms with Crippen molar-refractivity contribution in [2.45, 2.75) is 25.2 Å². The van der Waals surface area contributed by atoms with Gasteiger partial charge in [0.25, 0.3) is 0 Å². The predicted octanol–water partition coefficient (Wildman–Crippen LogP) is 1.75. The van der Waals surface area contributed by atoms with Crippen molar-refractivity contribution in [2.75, 3.05) is 51.9 Å². The van der Waals surface area contributed by atoms with Gasteiger partial charge in [-0.1, -0.05) is 0 Å². The van der Waals surface area contributed by atoms with Crippen molar-refractivity contribution in [3.8, 4) is 5.75 Å². The molecule has 0 bridgehead atoms. The molecule has 1 spiro atoms. The Kier molecular flexibility index (Phi) is 5.36. The van der Waals surface area contributed by atoms with Crippen LogP contribution in [0.5, 0.6) is 5.75 Å². The van der Waals surface area contributed by atoms with Crippen molar-refractivity contribution in [3.05, 3.63) is 23.8 Å². The predicted molar refractivity (Wildman–Crippen MR) is 98.8 cm³/mol. The molecule has 1 saturated heterocycles. The third-order valence-corrected chi connectivity index (χ3v) is 5.30. The zero-order valence-corrected chi connectivity index (χ0v) is 15.7. The van der Waals surface area contributed by atoms with E-state index >= 15 is 0 Å². The number of carbonyl (C=O) groups excluding carboxylic acids is 2.